The SMILES string of the molecule is COC(=O)COc1c(I)cc(/C=C2\SC(=S)N(c3ccc4c(c3)OCO4)C2=O)cc1OC. The van der Waals surface area contributed by atoms with E-state index in [0.717, 1.165) is 5.56 Å². The first-order chi connectivity index (χ1) is 15.4. The van der Waals surface area contributed by atoms with Gasteiger partial charge in [0.1, 0.15) is 0 Å². The third kappa shape index (κ3) is 4.50. The van der Waals surface area contributed by atoms with E-state index in [9.17, 15) is 9.59 Å². The van der Waals surface area contributed by atoms with Crippen molar-refractivity contribution in [3.8, 4) is 23.0 Å². The Hall–Kier alpha value is -2.51. The first kappa shape index (κ1) is 22.7. The number of ether oxygens (including phenoxy) is 5. The highest BCUT2D eigenvalue weighted by molar-refractivity contribution is 14.1. The summed E-state index contributed by atoms with van der Waals surface area (Å²) in [7, 11) is 2.79. The molecule has 1 amide bonds. The molecular formula is C21H16INO7S2. The zero-order chi connectivity index (χ0) is 22.8. The van der Waals surface area contributed by atoms with Gasteiger partial charge < -0.3 is 23.7 Å². The molecule has 0 unspecified atom stereocenters. The highest BCUT2D eigenvalue weighted by Gasteiger charge is 2.34. The van der Waals surface area contributed by atoms with Gasteiger partial charge in [-0.05, 0) is 58.5 Å². The number of benzene rings is 2. The van der Waals surface area contributed by atoms with Crippen molar-refractivity contribution in [2.45, 2.75) is 0 Å². The van der Waals surface area contributed by atoms with Gasteiger partial charge in [0, 0.05) is 6.07 Å². The van der Waals surface area contributed by atoms with Crippen LogP contribution in [0.4, 0.5) is 5.69 Å². The molecular weight excluding hydrogens is 569 g/mol. The molecule has 2 aliphatic heterocycles. The highest BCUT2D eigenvalue weighted by Crippen LogP contribution is 2.41. The van der Waals surface area contributed by atoms with Gasteiger partial charge in [0.15, 0.2) is 33.9 Å². The van der Waals surface area contributed by atoms with E-state index in [4.69, 9.17) is 31.2 Å². The number of esters is 1. The van der Waals surface area contributed by atoms with Crippen molar-refractivity contribution in [2.24, 2.45) is 0 Å². The van der Waals surface area contributed by atoms with E-state index in [0.29, 0.717) is 41.5 Å². The van der Waals surface area contributed by atoms with Crippen molar-refractivity contribution in [1.29, 1.82) is 0 Å². The molecule has 8 nitrogen and oxygen atoms in total. The minimum absolute atomic E-state index is 0.150. The van der Waals surface area contributed by atoms with E-state index in [1.54, 1.807) is 30.3 Å². The number of halogens is 1. The van der Waals surface area contributed by atoms with Gasteiger partial charge >= 0.3 is 5.97 Å². The number of fused-ring (bicyclic) bond motifs is 1. The highest BCUT2D eigenvalue weighted by atomic mass is 127. The van der Waals surface area contributed by atoms with E-state index < -0.39 is 5.97 Å². The number of thiocarbonyl (C=S) groups is 1. The van der Waals surface area contributed by atoms with Gasteiger partial charge in [-0.15, -0.1) is 0 Å². The molecule has 0 aliphatic carbocycles. The van der Waals surface area contributed by atoms with Crippen LogP contribution in [0.5, 0.6) is 23.0 Å². The third-order valence-electron chi connectivity index (χ3n) is 4.52. The van der Waals surface area contributed by atoms with Gasteiger partial charge in [-0.1, -0.05) is 24.0 Å². The summed E-state index contributed by atoms with van der Waals surface area (Å²) in [5.41, 5.74) is 1.33. The smallest absolute Gasteiger partial charge is 0.343 e. The predicted octanol–water partition coefficient (Wildman–Crippen LogP) is 3.99. The van der Waals surface area contributed by atoms with Crippen LogP contribution in [0.3, 0.4) is 0 Å². The quantitative estimate of drug-likeness (QED) is 0.216. The molecule has 2 aliphatic rings. The van der Waals surface area contributed by atoms with Crippen molar-refractivity contribution in [2.75, 3.05) is 32.5 Å². The predicted molar refractivity (Wildman–Crippen MR) is 131 cm³/mol. The Labute approximate surface area is 206 Å². The number of thioether (sulfide) groups is 1. The summed E-state index contributed by atoms with van der Waals surface area (Å²) in [6.45, 7) is -0.0900. The molecule has 1 saturated heterocycles. The van der Waals surface area contributed by atoms with Gasteiger partial charge in [-0.25, -0.2) is 4.79 Å². The van der Waals surface area contributed by atoms with Crippen LogP contribution in [-0.4, -0.2) is 43.8 Å². The Morgan fingerprint density at radius 1 is 1.25 bits per heavy atom. The monoisotopic (exact) mass is 585 g/mol. The van der Waals surface area contributed by atoms with Crippen LogP contribution in [0, 0.1) is 3.57 Å². The van der Waals surface area contributed by atoms with Crippen molar-refractivity contribution in [1.82, 2.24) is 0 Å². The van der Waals surface area contributed by atoms with E-state index in [1.807, 2.05) is 6.07 Å². The van der Waals surface area contributed by atoms with Gasteiger partial charge in [-0.2, -0.15) is 0 Å². The second-order valence-electron chi connectivity index (χ2n) is 6.45. The fourth-order valence-corrected chi connectivity index (χ4v) is 5.10. The molecule has 0 N–H and O–H groups in total. The second kappa shape index (κ2) is 9.55. The molecule has 2 aromatic carbocycles. The summed E-state index contributed by atoms with van der Waals surface area (Å²) < 4.78 is 27.4. The van der Waals surface area contributed by atoms with Crippen LogP contribution in [0.15, 0.2) is 35.2 Å². The largest absolute Gasteiger partial charge is 0.493 e. The molecule has 0 atom stereocenters. The third-order valence-corrected chi connectivity index (χ3v) is 6.62. The molecule has 0 radical (unpaired) electrons. The fraction of sp³-hybridized carbons (Fsp3) is 0.190. The molecule has 2 heterocycles. The maximum absolute atomic E-state index is 13.1. The Balaban J connectivity index is 1.60. The molecule has 166 valence electrons. The average Bonchev–Trinajstić information content (AvgIpc) is 3.35. The minimum Gasteiger partial charge on any atom is -0.493 e. The van der Waals surface area contributed by atoms with Crippen molar-refractivity contribution < 1.29 is 33.3 Å². The standard InChI is InChI=1S/C21H16INO7S2/c1-26-16-6-11(5-13(22)19(16)28-9-18(24)27-2)7-17-20(25)23(21(31)32-17)12-3-4-14-15(8-12)30-10-29-14/h3-8H,9-10H2,1-2H3/b17-7-. The van der Waals surface area contributed by atoms with E-state index in [-0.39, 0.29) is 19.3 Å². The van der Waals surface area contributed by atoms with Crippen LogP contribution in [0.2, 0.25) is 0 Å². The maximum atomic E-state index is 13.1. The Bertz CT molecular complexity index is 1150. The molecule has 11 heteroatoms. The number of amides is 1. The Kier molecular flexibility index (Phi) is 6.76. The molecule has 1 fully saturated rings. The molecule has 0 aromatic heterocycles. The number of methoxy groups -OCH3 is 2. The van der Waals surface area contributed by atoms with Crippen molar-refractivity contribution in [3.05, 3.63) is 44.4 Å². The number of hydrogen-bond acceptors (Lipinski definition) is 9. The second-order valence-corrected chi connectivity index (χ2v) is 9.29. The lowest BCUT2D eigenvalue weighted by atomic mass is 10.1. The van der Waals surface area contributed by atoms with E-state index >= 15 is 0 Å². The summed E-state index contributed by atoms with van der Waals surface area (Å²) in [6.07, 6.45) is 1.74. The topological polar surface area (TPSA) is 83.5 Å². The maximum Gasteiger partial charge on any atom is 0.343 e. The lowest BCUT2D eigenvalue weighted by molar-refractivity contribution is -0.142. The van der Waals surface area contributed by atoms with Crippen LogP contribution in [0.25, 0.3) is 6.08 Å². The first-order valence-corrected chi connectivity index (χ1v) is 11.5. The lowest BCUT2D eigenvalue weighted by Crippen LogP contribution is -2.27. The van der Waals surface area contributed by atoms with Crippen LogP contribution < -0.4 is 23.8 Å². The van der Waals surface area contributed by atoms with Gasteiger partial charge in [0.25, 0.3) is 5.91 Å². The van der Waals surface area contributed by atoms with Gasteiger partial charge in [0.05, 0.1) is 28.4 Å². The van der Waals surface area contributed by atoms with Crippen molar-refractivity contribution >= 4 is 74.5 Å². The number of rotatable bonds is 6. The van der Waals surface area contributed by atoms with E-state index in [2.05, 4.69) is 27.3 Å². The number of anilines is 1. The van der Waals surface area contributed by atoms with Crippen LogP contribution in [0.1, 0.15) is 5.56 Å². The fourth-order valence-electron chi connectivity index (χ4n) is 3.02. The summed E-state index contributed by atoms with van der Waals surface area (Å²) in [5, 5.41) is 0. The molecule has 32 heavy (non-hydrogen) atoms. The molecule has 0 spiro atoms. The molecule has 0 bridgehead atoms. The summed E-state index contributed by atoms with van der Waals surface area (Å²) in [6, 6.07) is 8.79. The Morgan fingerprint density at radius 3 is 2.78 bits per heavy atom. The summed E-state index contributed by atoms with van der Waals surface area (Å²) in [5.74, 6) is 1.31. The average molecular weight is 585 g/mol. The summed E-state index contributed by atoms with van der Waals surface area (Å²) in [4.78, 5) is 26.4. The van der Waals surface area contributed by atoms with Gasteiger partial charge in [0.2, 0.25) is 6.79 Å². The van der Waals surface area contributed by atoms with Crippen LogP contribution >= 0.6 is 46.6 Å². The number of carbonyl (C=O) groups is 2. The normalized spacial score (nSPS) is 16.0. The number of hydrogen-bond donors (Lipinski definition) is 0. The lowest BCUT2D eigenvalue weighted by Gasteiger charge is -2.15. The summed E-state index contributed by atoms with van der Waals surface area (Å²) >= 11 is 8.74. The zero-order valence-electron chi connectivity index (χ0n) is 16.9. The zero-order valence-corrected chi connectivity index (χ0v) is 20.7. The molecule has 0 saturated carbocycles. The van der Waals surface area contributed by atoms with Crippen LogP contribution in [-0.2, 0) is 14.3 Å². The number of nitrogens with zero attached hydrogens (tertiary/aromatic N) is 1. The minimum atomic E-state index is -0.501. The first-order valence-electron chi connectivity index (χ1n) is 9.16. The van der Waals surface area contributed by atoms with E-state index in [1.165, 1.54) is 30.9 Å². The number of carbonyl (C=O) groups excluding carboxylic acids is 2. The molecule has 2 aromatic rings. The Morgan fingerprint density at radius 2 is 2.03 bits per heavy atom. The van der Waals surface area contributed by atoms with Crippen molar-refractivity contribution in [3.63, 3.8) is 0 Å². The van der Waals surface area contributed by atoms with Gasteiger partial charge in [-0.3, -0.25) is 9.69 Å². The molecule has 4 rings (SSSR count).